The Labute approximate surface area is 124 Å². The van der Waals surface area contributed by atoms with Crippen LogP contribution in [0.25, 0.3) is 0 Å². The van der Waals surface area contributed by atoms with Gasteiger partial charge in [-0.05, 0) is 48.6 Å². The zero-order valence-corrected chi connectivity index (χ0v) is 12.0. The van der Waals surface area contributed by atoms with Crippen LogP contribution in [0.3, 0.4) is 0 Å². The molecular weight excluding hydrogens is 260 g/mol. The Bertz CT molecular complexity index is 726. The first-order valence-corrected chi connectivity index (χ1v) is 7.06. The summed E-state index contributed by atoms with van der Waals surface area (Å²) in [6.45, 7) is 0. The number of fused-ring (bicyclic) bond motifs is 1. The lowest BCUT2D eigenvalue weighted by atomic mass is 10.0. The summed E-state index contributed by atoms with van der Waals surface area (Å²) < 4.78 is 0. The number of hydrogen-bond acceptors (Lipinski definition) is 2. The van der Waals surface area contributed by atoms with E-state index in [1.54, 1.807) is 11.1 Å². The number of amides is 1. The molecule has 1 aliphatic heterocycles. The van der Waals surface area contributed by atoms with E-state index >= 15 is 0 Å². The molecule has 0 unspecified atom stereocenters. The molecule has 3 heteroatoms. The average molecular weight is 276 g/mol. The van der Waals surface area contributed by atoms with Gasteiger partial charge in [0.15, 0.2) is 0 Å². The van der Waals surface area contributed by atoms with Crippen LogP contribution in [0.1, 0.15) is 29.7 Å². The molecule has 0 spiro atoms. The smallest absolute Gasteiger partial charge is 0.226 e. The Morgan fingerprint density at radius 1 is 1.14 bits per heavy atom. The van der Waals surface area contributed by atoms with Crippen LogP contribution in [-0.2, 0) is 11.2 Å². The lowest BCUT2D eigenvalue weighted by Crippen LogP contribution is -2.25. The number of carbonyl (C=O) groups is 1. The van der Waals surface area contributed by atoms with Crippen LogP contribution in [0.4, 0.5) is 5.69 Å². The van der Waals surface area contributed by atoms with Crippen molar-refractivity contribution in [2.75, 3.05) is 11.9 Å². The molecule has 0 saturated heterocycles. The second kappa shape index (κ2) is 5.80. The third-order valence-corrected chi connectivity index (χ3v) is 3.66. The van der Waals surface area contributed by atoms with Gasteiger partial charge in [-0.3, -0.25) is 4.79 Å². The minimum Gasteiger partial charge on any atom is -0.315 e. The zero-order valence-electron chi connectivity index (χ0n) is 12.0. The van der Waals surface area contributed by atoms with Gasteiger partial charge in [0.1, 0.15) is 5.69 Å². The van der Waals surface area contributed by atoms with Gasteiger partial charge < -0.3 is 4.90 Å². The molecule has 2 heterocycles. The van der Waals surface area contributed by atoms with E-state index in [2.05, 4.69) is 22.9 Å². The number of pyridine rings is 1. The minimum atomic E-state index is 0.170. The summed E-state index contributed by atoms with van der Waals surface area (Å²) in [6.07, 6.45) is 4.20. The van der Waals surface area contributed by atoms with E-state index in [9.17, 15) is 4.79 Å². The number of benzene rings is 1. The Morgan fingerprint density at radius 3 is 2.86 bits per heavy atom. The van der Waals surface area contributed by atoms with E-state index in [0.717, 1.165) is 29.8 Å². The average Bonchev–Trinajstić information content (AvgIpc) is 2.66. The number of aromatic nitrogens is 1. The highest BCUT2D eigenvalue weighted by Gasteiger charge is 2.18. The van der Waals surface area contributed by atoms with Gasteiger partial charge in [0.05, 0.1) is 0 Å². The van der Waals surface area contributed by atoms with Crippen molar-refractivity contribution in [3.8, 4) is 11.8 Å². The molecule has 0 aliphatic carbocycles. The lowest BCUT2D eigenvalue weighted by Gasteiger charge is -2.17. The standard InChI is InChI=1S/C18H16N2O/c1-20-17-13-14(9-11-16-6-2-3-12-19-16)8-10-15(17)5-4-7-18(20)21/h2-3,6,8,10,12-13H,4-5,7H2,1H3. The van der Waals surface area contributed by atoms with Crippen molar-refractivity contribution in [1.82, 2.24) is 4.98 Å². The van der Waals surface area contributed by atoms with Gasteiger partial charge >= 0.3 is 0 Å². The van der Waals surface area contributed by atoms with Crippen molar-refractivity contribution in [2.24, 2.45) is 0 Å². The van der Waals surface area contributed by atoms with Crippen molar-refractivity contribution in [1.29, 1.82) is 0 Å². The first-order valence-electron chi connectivity index (χ1n) is 7.06. The fraction of sp³-hybridized carbons (Fsp3) is 0.222. The van der Waals surface area contributed by atoms with Gasteiger partial charge in [-0.25, -0.2) is 4.98 Å². The number of carbonyl (C=O) groups excluding carboxylic acids is 1. The monoisotopic (exact) mass is 276 g/mol. The fourth-order valence-corrected chi connectivity index (χ4v) is 2.47. The third kappa shape index (κ3) is 2.95. The zero-order chi connectivity index (χ0) is 14.7. The van der Waals surface area contributed by atoms with Crippen LogP contribution in [0.15, 0.2) is 42.6 Å². The third-order valence-electron chi connectivity index (χ3n) is 3.66. The maximum Gasteiger partial charge on any atom is 0.226 e. The van der Waals surface area contributed by atoms with E-state index in [4.69, 9.17) is 0 Å². The highest BCUT2D eigenvalue weighted by atomic mass is 16.2. The fourth-order valence-electron chi connectivity index (χ4n) is 2.47. The molecule has 1 amide bonds. The first-order chi connectivity index (χ1) is 10.2. The molecule has 3 nitrogen and oxygen atoms in total. The summed E-state index contributed by atoms with van der Waals surface area (Å²) in [5.74, 6) is 6.33. The predicted molar refractivity (Wildman–Crippen MR) is 83.0 cm³/mol. The predicted octanol–water partition coefficient (Wildman–Crippen LogP) is 2.78. The Morgan fingerprint density at radius 2 is 2.05 bits per heavy atom. The van der Waals surface area contributed by atoms with Crippen LogP contribution in [-0.4, -0.2) is 17.9 Å². The summed E-state index contributed by atoms with van der Waals surface area (Å²) in [7, 11) is 1.84. The second-order valence-electron chi connectivity index (χ2n) is 5.11. The highest BCUT2D eigenvalue weighted by molar-refractivity contribution is 5.94. The van der Waals surface area contributed by atoms with Gasteiger partial charge in [0.2, 0.25) is 5.91 Å². The summed E-state index contributed by atoms with van der Waals surface area (Å²) in [4.78, 5) is 17.9. The maximum atomic E-state index is 11.9. The van der Waals surface area contributed by atoms with Crippen LogP contribution in [0.5, 0.6) is 0 Å². The molecule has 1 aromatic heterocycles. The highest BCUT2D eigenvalue weighted by Crippen LogP contribution is 2.26. The first kappa shape index (κ1) is 13.4. The van der Waals surface area contributed by atoms with Gasteiger partial charge in [0, 0.05) is 30.9 Å². The van der Waals surface area contributed by atoms with E-state index in [1.165, 1.54) is 5.56 Å². The van der Waals surface area contributed by atoms with E-state index in [1.807, 2.05) is 37.4 Å². The molecule has 1 aliphatic rings. The lowest BCUT2D eigenvalue weighted by molar-refractivity contribution is -0.118. The van der Waals surface area contributed by atoms with Crippen LogP contribution >= 0.6 is 0 Å². The van der Waals surface area contributed by atoms with Crippen LogP contribution in [0.2, 0.25) is 0 Å². The second-order valence-corrected chi connectivity index (χ2v) is 5.11. The Balaban J connectivity index is 1.94. The summed E-state index contributed by atoms with van der Waals surface area (Å²) in [5.41, 5.74) is 3.84. The summed E-state index contributed by atoms with van der Waals surface area (Å²) in [5, 5.41) is 0. The molecule has 1 aromatic carbocycles. The summed E-state index contributed by atoms with van der Waals surface area (Å²) in [6, 6.07) is 11.8. The molecule has 21 heavy (non-hydrogen) atoms. The molecule has 0 bridgehead atoms. The van der Waals surface area contributed by atoms with Crippen molar-refractivity contribution in [2.45, 2.75) is 19.3 Å². The van der Waals surface area contributed by atoms with Crippen LogP contribution in [0, 0.1) is 11.8 Å². The molecule has 0 fully saturated rings. The van der Waals surface area contributed by atoms with E-state index in [0.29, 0.717) is 6.42 Å². The molecule has 104 valence electrons. The van der Waals surface area contributed by atoms with Gasteiger partial charge in [-0.2, -0.15) is 0 Å². The van der Waals surface area contributed by atoms with Crippen molar-refractivity contribution in [3.63, 3.8) is 0 Å². The van der Waals surface area contributed by atoms with E-state index in [-0.39, 0.29) is 5.91 Å². The molecule has 0 atom stereocenters. The molecule has 3 rings (SSSR count). The largest absolute Gasteiger partial charge is 0.315 e. The van der Waals surface area contributed by atoms with Crippen LogP contribution < -0.4 is 4.90 Å². The van der Waals surface area contributed by atoms with Crippen molar-refractivity contribution >= 4 is 11.6 Å². The van der Waals surface area contributed by atoms with Gasteiger partial charge in [-0.1, -0.05) is 18.1 Å². The molecule has 0 saturated carbocycles. The Hall–Kier alpha value is -2.60. The van der Waals surface area contributed by atoms with Crippen molar-refractivity contribution < 1.29 is 4.79 Å². The van der Waals surface area contributed by atoms with E-state index < -0.39 is 0 Å². The quantitative estimate of drug-likeness (QED) is 0.693. The number of rotatable bonds is 0. The van der Waals surface area contributed by atoms with Gasteiger partial charge in [-0.15, -0.1) is 0 Å². The molecule has 2 aromatic rings. The van der Waals surface area contributed by atoms with Gasteiger partial charge in [0.25, 0.3) is 0 Å². The number of aryl methyl sites for hydroxylation is 1. The summed E-state index contributed by atoms with van der Waals surface area (Å²) >= 11 is 0. The number of anilines is 1. The topological polar surface area (TPSA) is 33.2 Å². The minimum absolute atomic E-state index is 0.170. The SMILES string of the molecule is CN1C(=O)CCCc2ccc(C#Cc3ccccn3)cc21. The normalized spacial score (nSPS) is 14.0. The number of nitrogens with zero attached hydrogens (tertiary/aromatic N) is 2. The molecular formula is C18H16N2O. The Kier molecular flexibility index (Phi) is 3.70. The molecule has 0 radical (unpaired) electrons. The molecule has 0 N–H and O–H groups in total. The van der Waals surface area contributed by atoms with Crippen molar-refractivity contribution in [3.05, 3.63) is 59.4 Å². The maximum absolute atomic E-state index is 11.9. The number of hydrogen-bond donors (Lipinski definition) is 0.